The Balaban J connectivity index is 2.41. The zero-order chi connectivity index (χ0) is 12.6. The molecule has 2 N–H and O–H groups in total. The lowest BCUT2D eigenvalue weighted by Crippen LogP contribution is -2.16. The summed E-state index contributed by atoms with van der Waals surface area (Å²) in [4.78, 5) is 4.20. The SMILES string of the molecule is C[Si](C)(C)C#Cc1cnc(Cl)c(C2CC2)c1N. The maximum Gasteiger partial charge on any atom is 0.134 e. The van der Waals surface area contributed by atoms with E-state index in [0.717, 1.165) is 29.7 Å². The first-order valence-corrected chi connectivity index (χ1v) is 9.73. The predicted molar refractivity (Wildman–Crippen MR) is 75.9 cm³/mol. The third kappa shape index (κ3) is 3.02. The van der Waals surface area contributed by atoms with Gasteiger partial charge in [-0.25, -0.2) is 4.98 Å². The summed E-state index contributed by atoms with van der Waals surface area (Å²) in [5.41, 5.74) is 12.0. The van der Waals surface area contributed by atoms with Crippen molar-refractivity contribution in [1.29, 1.82) is 0 Å². The van der Waals surface area contributed by atoms with Crippen LogP contribution in [-0.4, -0.2) is 13.1 Å². The Morgan fingerprint density at radius 1 is 1.41 bits per heavy atom. The number of rotatable bonds is 1. The van der Waals surface area contributed by atoms with Crippen molar-refractivity contribution in [3.05, 3.63) is 22.5 Å². The van der Waals surface area contributed by atoms with Gasteiger partial charge in [0.2, 0.25) is 0 Å². The summed E-state index contributed by atoms with van der Waals surface area (Å²) in [6.45, 7) is 6.63. The minimum atomic E-state index is -1.38. The van der Waals surface area contributed by atoms with Crippen molar-refractivity contribution in [1.82, 2.24) is 4.98 Å². The van der Waals surface area contributed by atoms with E-state index in [-0.39, 0.29) is 0 Å². The lowest BCUT2D eigenvalue weighted by atomic mass is 10.1. The van der Waals surface area contributed by atoms with Crippen LogP contribution in [0.25, 0.3) is 0 Å². The maximum absolute atomic E-state index is 6.14. The molecule has 17 heavy (non-hydrogen) atoms. The topological polar surface area (TPSA) is 38.9 Å². The Bertz CT molecular complexity index is 505. The van der Waals surface area contributed by atoms with Crippen LogP contribution >= 0.6 is 11.6 Å². The third-order valence-corrected chi connectivity index (χ3v) is 3.84. The molecule has 0 aliphatic heterocycles. The normalized spacial score (nSPS) is 15.3. The van der Waals surface area contributed by atoms with E-state index in [1.165, 1.54) is 0 Å². The highest BCUT2D eigenvalue weighted by Gasteiger charge is 2.29. The Morgan fingerprint density at radius 3 is 2.59 bits per heavy atom. The van der Waals surface area contributed by atoms with E-state index in [0.29, 0.717) is 11.1 Å². The van der Waals surface area contributed by atoms with Crippen molar-refractivity contribution in [3.8, 4) is 11.5 Å². The number of anilines is 1. The van der Waals surface area contributed by atoms with Crippen molar-refractivity contribution >= 4 is 25.4 Å². The van der Waals surface area contributed by atoms with Crippen LogP contribution in [0.4, 0.5) is 5.69 Å². The fourth-order valence-electron chi connectivity index (χ4n) is 1.63. The number of aromatic nitrogens is 1. The van der Waals surface area contributed by atoms with E-state index in [1.54, 1.807) is 6.20 Å². The van der Waals surface area contributed by atoms with Crippen LogP contribution in [0.2, 0.25) is 24.8 Å². The Morgan fingerprint density at radius 2 is 2.06 bits per heavy atom. The summed E-state index contributed by atoms with van der Waals surface area (Å²) in [7, 11) is -1.38. The van der Waals surface area contributed by atoms with Crippen LogP contribution in [0.5, 0.6) is 0 Å². The molecule has 0 radical (unpaired) electrons. The molecule has 0 unspecified atom stereocenters. The second-order valence-electron chi connectivity index (χ2n) is 5.56. The van der Waals surface area contributed by atoms with Gasteiger partial charge < -0.3 is 5.73 Å². The average molecular weight is 265 g/mol. The van der Waals surface area contributed by atoms with Gasteiger partial charge in [0.25, 0.3) is 0 Å². The zero-order valence-corrected chi connectivity index (χ0v) is 12.2. The number of halogens is 1. The summed E-state index contributed by atoms with van der Waals surface area (Å²) in [6.07, 6.45) is 4.02. The first-order chi connectivity index (χ1) is 7.88. The van der Waals surface area contributed by atoms with E-state index in [9.17, 15) is 0 Å². The van der Waals surface area contributed by atoms with Crippen LogP contribution in [-0.2, 0) is 0 Å². The fraction of sp³-hybridized carbons (Fsp3) is 0.462. The van der Waals surface area contributed by atoms with Gasteiger partial charge in [-0.2, -0.15) is 0 Å². The van der Waals surface area contributed by atoms with Crippen LogP contribution in [0, 0.1) is 11.5 Å². The molecule has 1 heterocycles. The molecule has 0 spiro atoms. The first kappa shape index (κ1) is 12.5. The number of pyridine rings is 1. The van der Waals surface area contributed by atoms with E-state index >= 15 is 0 Å². The quantitative estimate of drug-likeness (QED) is 0.480. The molecular weight excluding hydrogens is 248 g/mol. The van der Waals surface area contributed by atoms with E-state index in [2.05, 4.69) is 36.1 Å². The molecule has 1 aromatic heterocycles. The molecule has 4 heteroatoms. The largest absolute Gasteiger partial charge is 0.397 e. The van der Waals surface area contributed by atoms with Crippen molar-refractivity contribution in [2.45, 2.75) is 38.4 Å². The number of hydrogen-bond acceptors (Lipinski definition) is 2. The van der Waals surface area contributed by atoms with Gasteiger partial charge in [-0.05, 0) is 18.8 Å². The van der Waals surface area contributed by atoms with Gasteiger partial charge in [-0.1, -0.05) is 37.2 Å². The minimum Gasteiger partial charge on any atom is -0.397 e. The standard InChI is InChI=1S/C13H17ClN2Si/c1-17(2,3)7-6-10-8-16-13(14)11(12(10)15)9-4-5-9/h8-9H,4-5H2,1-3H3,(H2,15,16). The molecule has 1 fully saturated rings. The summed E-state index contributed by atoms with van der Waals surface area (Å²) in [5, 5.41) is 0.545. The van der Waals surface area contributed by atoms with Gasteiger partial charge in [0.1, 0.15) is 13.2 Å². The Kier molecular flexibility index (Phi) is 3.20. The number of nitrogens with two attached hydrogens (primary N) is 1. The summed E-state index contributed by atoms with van der Waals surface area (Å²) < 4.78 is 0. The van der Waals surface area contributed by atoms with Gasteiger partial charge in [-0.3, -0.25) is 0 Å². The first-order valence-electron chi connectivity index (χ1n) is 5.85. The van der Waals surface area contributed by atoms with E-state index < -0.39 is 8.07 Å². The van der Waals surface area contributed by atoms with Gasteiger partial charge >= 0.3 is 0 Å². The average Bonchev–Trinajstić information content (AvgIpc) is 2.99. The summed E-state index contributed by atoms with van der Waals surface area (Å²) in [6, 6.07) is 0. The monoisotopic (exact) mass is 264 g/mol. The second-order valence-corrected chi connectivity index (χ2v) is 10.7. The van der Waals surface area contributed by atoms with Crippen LogP contribution in [0.3, 0.4) is 0 Å². The highest BCUT2D eigenvalue weighted by atomic mass is 35.5. The molecule has 1 aromatic rings. The molecule has 1 aliphatic rings. The molecule has 0 saturated heterocycles. The molecule has 0 bridgehead atoms. The highest BCUT2D eigenvalue weighted by molar-refractivity contribution is 6.83. The molecule has 1 aliphatic carbocycles. The molecule has 0 amide bonds. The van der Waals surface area contributed by atoms with Crippen molar-refractivity contribution in [2.24, 2.45) is 0 Å². The van der Waals surface area contributed by atoms with Crippen LogP contribution in [0.1, 0.15) is 29.9 Å². The summed E-state index contributed by atoms with van der Waals surface area (Å²) >= 11 is 6.10. The fourth-order valence-corrected chi connectivity index (χ4v) is 2.45. The molecule has 0 aromatic carbocycles. The Labute approximate surface area is 109 Å². The number of nitrogens with zero attached hydrogens (tertiary/aromatic N) is 1. The van der Waals surface area contributed by atoms with E-state index in [4.69, 9.17) is 17.3 Å². The molecule has 2 nitrogen and oxygen atoms in total. The maximum atomic E-state index is 6.14. The molecular formula is C13H17ClN2Si. The molecule has 90 valence electrons. The van der Waals surface area contributed by atoms with Gasteiger partial charge in [-0.15, -0.1) is 5.54 Å². The van der Waals surface area contributed by atoms with E-state index in [1.807, 2.05) is 0 Å². The zero-order valence-electron chi connectivity index (χ0n) is 10.5. The van der Waals surface area contributed by atoms with Crippen molar-refractivity contribution in [3.63, 3.8) is 0 Å². The summed E-state index contributed by atoms with van der Waals surface area (Å²) in [5.74, 6) is 3.67. The molecule has 2 rings (SSSR count). The molecule has 1 saturated carbocycles. The predicted octanol–water partition coefficient (Wildman–Crippen LogP) is 3.42. The number of nitrogen functional groups attached to an aromatic ring is 1. The van der Waals surface area contributed by atoms with Crippen LogP contribution in [0.15, 0.2) is 6.20 Å². The van der Waals surface area contributed by atoms with Crippen LogP contribution < -0.4 is 5.73 Å². The lowest BCUT2D eigenvalue weighted by Gasteiger charge is -2.08. The second kappa shape index (κ2) is 4.36. The third-order valence-electron chi connectivity index (χ3n) is 2.67. The van der Waals surface area contributed by atoms with Crippen molar-refractivity contribution < 1.29 is 0 Å². The molecule has 0 atom stereocenters. The van der Waals surface area contributed by atoms with Gasteiger partial charge in [0, 0.05) is 11.8 Å². The highest BCUT2D eigenvalue weighted by Crippen LogP contribution is 2.45. The van der Waals surface area contributed by atoms with Crippen molar-refractivity contribution in [2.75, 3.05) is 5.73 Å². The van der Waals surface area contributed by atoms with Gasteiger partial charge in [0.15, 0.2) is 0 Å². The minimum absolute atomic E-state index is 0.503. The van der Waals surface area contributed by atoms with Gasteiger partial charge in [0.05, 0.1) is 11.3 Å². The lowest BCUT2D eigenvalue weighted by molar-refractivity contribution is 1.09. The smallest absolute Gasteiger partial charge is 0.134 e. The Hall–Kier alpha value is -0.983. The number of hydrogen-bond donors (Lipinski definition) is 1.